The number of benzene rings is 1. The summed E-state index contributed by atoms with van der Waals surface area (Å²) in [6.07, 6.45) is 11.7. The molecule has 0 aromatic heterocycles. The van der Waals surface area contributed by atoms with E-state index < -0.39 is 0 Å². The number of ether oxygens (including phenoxy) is 1. The predicted molar refractivity (Wildman–Crippen MR) is 77.5 cm³/mol. The molecule has 0 bridgehead atoms. The van der Waals surface area contributed by atoms with Gasteiger partial charge in [0.1, 0.15) is 5.75 Å². The van der Waals surface area contributed by atoms with E-state index in [1.807, 2.05) is 0 Å². The van der Waals surface area contributed by atoms with Gasteiger partial charge in [-0.05, 0) is 79.0 Å². The van der Waals surface area contributed by atoms with Gasteiger partial charge in [-0.1, -0.05) is 18.2 Å². The minimum Gasteiger partial charge on any atom is -0.497 e. The van der Waals surface area contributed by atoms with E-state index in [2.05, 4.69) is 30.4 Å². The summed E-state index contributed by atoms with van der Waals surface area (Å²) in [7, 11) is 1.77. The molecule has 0 spiro atoms. The Bertz CT molecular complexity index is 516. The highest BCUT2D eigenvalue weighted by Gasteiger charge is 2.42. The fraction of sp³-hybridized carbons (Fsp3) is 0.556. The van der Waals surface area contributed by atoms with E-state index in [1.165, 1.54) is 32.1 Å². The smallest absolute Gasteiger partial charge is 0.119 e. The second-order valence-corrected chi connectivity index (χ2v) is 6.44. The molecule has 4 unspecified atom stereocenters. The average molecular weight is 254 g/mol. The van der Waals surface area contributed by atoms with Crippen LogP contribution in [0.3, 0.4) is 0 Å². The van der Waals surface area contributed by atoms with Gasteiger partial charge in [-0.2, -0.15) is 0 Å². The van der Waals surface area contributed by atoms with Gasteiger partial charge in [0.05, 0.1) is 7.11 Å². The standard InChI is InChI=1S/C18H22O/c1-19-14-7-10-16-13(11-14)6-9-17-15-4-2-3-12(15)5-8-18(16)17/h2-3,7,10-12,15,17-18H,4-6,8-9H2,1H3. The summed E-state index contributed by atoms with van der Waals surface area (Å²) in [5.41, 5.74) is 3.17. The van der Waals surface area contributed by atoms with Gasteiger partial charge in [0.25, 0.3) is 0 Å². The Hall–Kier alpha value is -1.24. The molecule has 1 aromatic rings. The van der Waals surface area contributed by atoms with Crippen molar-refractivity contribution >= 4 is 0 Å². The number of hydrogen-bond acceptors (Lipinski definition) is 1. The molecule has 1 heteroatoms. The summed E-state index contributed by atoms with van der Waals surface area (Å²) in [6, 6.07) is 6.76. The molecule has 0 N–H and O–H groups in total. The molecule has 0 heterocycles. The summed E-state index contributed by atoms with van der Waals surface area (Å²) in [4.78, 5) is 0. The average Bonchev–Trinajstić information content (AvgIpc) is 2.94. The number of allylic oxidation sites excluding steroid dienone is 2. The minimum absolute atomic E-state index is 0.816. The van der Waals surface area contributed by atoms with Crippen LogP contribution in [0.1, 0.15) is 42.7 Å². The molecule has 3 aliphatic carbocycles. The van der Waals surface area contributed by atoms with Crippen LogP contribution in [0.5, 0.6) is 5.75 Å². The molecule has 0 amide bonds. The summed E-state index contributed by atoms with van der Waals surface area (Å²) < 4.78 is 5.38. The first-order chi connectivity index (χ1) is 9.36. The van der Waals surface area contributed by atoms with Crippen LogP contribution >= 0.6 is 0 Å². The lowest BCUT2D eigenvalue weighted by atomic mass is 9.61. The van der Waals surface area contributed by atoms with Crippen molar-refractivity contribution in [1.82, 2.24) is 0 Å². The van der Waals surface area contributed by atoms with Crippen molar-refractivity contribution in [2.24, 2.45) is 17.8 Å². The lowest BCUT2D eigenvalue weighted by molar-refractivity contribution is 0.150. The van der Waals surface area contributed by atoms with Crippen molar-refractivity contribution in [3.05, 3.63) is 41.5 Å². The van der Waals surface area contributed by atoms with E-state index in [4.69, 9.17) is 4.74 Å². The zero-order valence-electron chi connectivity index (χ0n) is 11.6. The third-order valence-corrected chi connectivity index (χ3v) is 5.72. The highest BCUT2D eigenvalue weighted by Crippen LogP contribution is 2.53. The van der Waals surface area contributed by atoms with Crippen LogP contribution < -0.4 is 4.74 Å². The van der Waals surface area contributed by atoms with Gasteiger partial charge in [0.15, 0.2) is 0 Å². The molecule has 0 radical (unpaired) electrons. The Kier molecular flexibility index (Phi) is 2.68. The maximum absolute atomic E-state index is 5.38. The van der Waals surface area contributed by atoms with Gasteiger partial charge >= 0.3 is 0 Å². The zero-order chi connectivity index (χ0) is 12.8. The Morgan fingerprint density at radius 1 is 1.11 bits per heavy atom. The normalized spacial score (nSPS) is 35.4. The third-order valence-electron chi connectivity index (χ3n) is 5.72. The number of methoxy groups -OCH3 is 1. The van der Waals surface area contributed by atoms with Crippen LogP contribution in [0, 0.1) is 17.8 Å². The van der Waals surface area contributed by atoms with Crippen molar-refractivity contribution in [2.75, 3.05) is 7.11 Å². The quantitative estimate of drug-likeness (QED) is 0.678. The molecule has 1 aromatic carbocycles. The number of hydrogen-bond donors (Lipinski definition) is 0. The molecular formula is C18H22O. The molecule has 0 saturated heterocycles. The van der Waals surface area contributed by atoms with Crippen LogP contribution in [-0.4, -0.2) is 7.11 Å². The molecular weight excluding hydrogens is 232 g/mol. The first kappa shape index (κ1) is 11.6. The van der Waals surface area contributed by atoms with Gasteiger partial charge in [-0.3, -0.25) is 0 Å². The maximum atomic E-state index is 5.38. The minimum atomic E-state index is 0.816. The van der Waals surface area contributed by atoms with Gasteiger partial charge in [0, 0.05) is 0 Å². The van der Waals surface area contributed by atoms with Crippen molar-refractivity contribution in [3.8, 4) is 5.75 Å². The van der Waals surface area contributed by atoms with Gasteiger partial charge in [0.2, 0.25) is 0 Å². The van der Waals surface area contributed by atoms with Crippen LogP contribution in [0.25, 0.3) is 0 Å². The molecule has 19 heavy (non-hydrogen) atoms. The van der Waals surface area contributed by atoms with E-state index in [0.717, 1.165) is 29.4 Å². The summed E-state index contributed by atoms with van der Waals surface area (Å²) in [6.45, 7) is 0. The summed E-state index contributed by atoms with van der Waals surface area (Å²) >= 11 is 0. The predicted octanol–water partition coefficient (Wildman–Crippen LogP) is 4.33. The highest BCUT2D eigenvalue weighted by molar-refractivity contribution is 5.40. The largest absolute Gasteiger partial charge is 0.497 e. The van der Waals surface area contributed by atoms with E-state index in [9.17, 15) is 0 Å². The molecule has 1 fully saturated rings. The summed E-state index contributed by atoms with van der Waals surface area (Å²) in [5.74, 6) is 4.59. The first-order valence-electron chi connectivity index (χ1n) is 7.70. The van der Waals surface area contributed by atoms with Crippen LogP contribution in [0.2, 0.25) is 0 Å². The van der Waals surface area contributed by atoms with Crippen molar-refractivity contribution < 1.29 is 4.74 Å². The molecule has 100 valence electrons. The molecule has 4 rings (SSSR count). The van der Waals surface area contributed by atoms with Crippen molar-refractivity contribution in [3.63, 3.8) is 0 Å². The molecule has 4 atom stereocenters. The van der Waals surface area contributed by atoms with E-state index in [0.29, 0.717) is 0 Å². The first-order valence-corrected chi connectivity index (χ1v) is 7.70. The number of fused-ring (bicyclic) bond motifs is 5. The fourth-order valence-electron chi connectivity index (χ4n) is 4.83. The highest BCUT2D eigenvalue weighted by atomic mass is 16.5. The van der Waals surface area contributed by atoms with E-state index in [-0.39, 0.29) is 0 Å². The topological polar surface area (TPSA) is 9.23 Å². The monoisotopic (exact) mass is 254 g/mol. The van der Waals surface area contributed by atoms with Crippen molar-refractivity contribution in [2.45, 2.75) is 38.0 Å². The lowest BCUT2D eigenvalue weighted by Gasteiger charge is -2.44. The van der Waals surface area contributed by atoms with Crippen LogP contribution in [0.4, 0.5) is 0 Å². The Balaban J connectivity index is 1.68. The van der Waals surface area contributed by atoms with Gasteiger partial charge in [-0.25, -0.2) is 0 Å². The maximum Gasteiger partial charge on any atom is 0.119 e. The Morgan fingerprint density at radius 2 is 2.05 bits per heavy atom. The molecule has 0 aliphatic heterocycles. The Morgan fingerprint density at radius 3 is 2.95 bits per heavy atom. The Labute approximate surface area is 115 Å². The third kappa shape index (κ3) is 1.74. The van der Waals surface area contributed by atoms with E-state index >= 15 is 0 Å². The second-order valence-electron chi connectivity index (χ2n) is 6.44. The van der Waals surface area contributed by atoms with Crippen LogP contribution in [0.15, 0.2) is 30.4 Å². The van der Waals surface area contributed by atoms with Crippen molar-refractivity contribution in [1.29, 1.82) is 0 Å². The second kappa shape index (κ2) is 4.40. The fourth-order valence-corrected chi connectivity index (χ4v) is 4.83. The van der Waals surface area contributed by atoms with Gasteiger partial charge < -0.3 is 4.74 Å². The lowest BCUT2D eigenvalue weighted by Crippen LogP contribution is -2.34. The SMILES string of the molecule is COc1ccc2c(c1)CCC1C2CCC2C=CCC21. The zero-order valence-corrected chi connectivity index (χ0v) is 11.6. The van der Waals surface area contributed by atoms with Gasteiger partial charge in [-0.15, -0.1) is 0 Å². The molecule has 1 nitrogen and oxygen atoms in total. The molecule has 3 aliphatic rings. The molecule has 1 saturated carbocycles. The van der Waals surface area contributed by atoms with E-state index in [1.54, 1.807) is 18.2 Å². The number of rotatable bonds is 1. The van der Waals surface area contributed by atoms with Crippen LogP contribution in [-0.2, 0) is 6.42 Å². The summed E-state index contributed by atoms with van der Waals surface area (Å²) in [5, 5.41) is 0. The number of aryl methyl sites for hydroxylation is 1.